The molecule has 25 heavy (non-hydrogen) atoms. The lowest BCUT2D eigenvalue weighted by Crippen LogP contribution is -2.40. The van der Waals surface area contributed by atoms with Gasteiger partial charge in [0.2, 0.25) is 0 Å². The van der Waals surface area contributed by atoms with E-state index in [4.69, 9.17) is 9.47 Å². The molecule has 0 radical (unpaired) electrons. The van der Waals surface area contributed by atoms with E-state index in [1.807, 2.05) is 25.7 Å². The van der Waals surface area contributed by atoms with Gasteiger partial charge in [-0.05, 0) is 33.3 Å². The molecule has 0 N–H and O–H groups in total. The van der Waals surface area contributed by atoms with Crippen LogP contribution in [0.4, 0.5) is 4.79 Å². The number of carbonyl (C=O) groups excluding carboxylic acids is 1. The first-order valence-corrected chi connectivity index (χ1v) is 9.10. The van der Waals surface area contributed by atoms with Crippen molar-refractivity contribution in [2.45, 2.75) is 51.8 Å². The lowest BCUT2D eigenvalue weighted by atomic mass is 10.0. The van der Waals surface area contributed by atoms with Crippen LogP contribution >= 0.6 is 0 Å². The first-order chi connectivity index (χ1) is 11.9. The van der Waals surface area contributed by atoms with Gasteiger partial charge in [0.05, 0.1) is 19.2 Å². The first-order valence-electron chi connectivity index (χ1n) is 9.10. The van der Waals surface area contributed by atoms with Crippen LogP contribution in [0.3, 0.4) is 0 Å². The first kappa shape index (κ1) is 16.5. The second kappa shape index (κ2) is 6.06. The van der Waals surface area contributed by atoms with Crippen molar-refractivity contribution in [1.29, 1.82) is 0 Å². The van der Waals surface area contributed by atoms with Crippen LogP contribution in [0, 0.1) is 0 Å². The van der Waals surface area contributed by atoms with E-state index in [2.05, 4.69) is 28.8 Å². The third-order valence-corrected chi connectivity index (χ3v) is 5.02. The smallest absolute Gasteiger partial charge is 0.410 e. The third kappa shape index (κ3) is 3.01. The molecule has 3 heterocycles. The maximum Gasteiger partial charge on any atom is 0.410 e. The largest absolute Gasteiger partial charge is 0.444 e. The molecule has 1 unspecified atom stereocenters. The van der Waals surface area contributed by atoms with Gasteiger partial charge in [-0.2, -0.15) is 0 Å². The molecule has 0 saturated carbocycles. The summed E-state index contributed by atoms with van der Waals surface area (Å²) in [5.74, 6) is 0. The molecular weight excluding hydrogens is 316 g/mol. The van der Waals surface area contributed by atoms with Crippen molar-refractivity contribution >= 4 is 17.0 Å². The third-order valence-electron chi connectivity index (χ3n) is 5.02. The molecular formula is C20H26N2O3. The normalized spacial score (nSPS) is 20.8. The summed E-state index contributed by atoms with van der Waals surface area (Å²) in [6.45, 7) is 8.65. The van der Waals surface area contributed by atoms with Crippen LogP contribution in [0.5, 0.6) is 0 Å². The molecule has 1 aromatic carbocycles. The van der Waals surface area contributed by atoms with Gasteiger partial charge in [0.25, 0.3) is 0 Å². The number of aromatic nitrogens is 1. The Bertz CT molecular complexity index is 797. The van der Waals surface area contributed by atoms with Gasteiger partial charge in [0, 0.05) is 41.7 Å². The number of carbonyl (C=O) groups is 1. The van der Waals surface area contributed by atoms with E-state index in [0.717, 1.165) is 26.1 Å². The molecule has 1 fully saturated rings. The molecule has 2 aliphatic rings. The fraction of sp³-hybridized carbons (Fsp3) is 0.550. The van der Waals surface area contributed by atoms with Gasteiger partial charge in [0.15, 0.2) is 0 Å². The summed E-state index contributed by atoms with van der Waals surface area (Å²) < 4.78 is 13.7. The number of benzene rings is 1. The summed E-state index contributed by atoms with van der Waals surface area (Å²) >= 11 is 0. The van der Waals surface area contributed by atoms with Crippen molar-refractivity contribution in [3.05, 3.63) is 35.5 Å². The zero-order valence-electron chi connectivity index (χ0n) is 15.2. The molecule has 1 saturated heterocycles. The molecule has 0 aliphatic carbocycles. The summed E-state index contributed by atoms with van der Waals surface area (Å²) in [5.41, 5.74) is 3.41. The van der Waals surface area contributed by atoms with Gasteiger partial charge in [-0.15, -0.1) is 0 Å². The highest BCUT2D eigenvalue weighted by Crippen LogP contribution is 2.36. The Morgan fingerprint density at radius 3 is 2.80 bits per heavy atom. The van der Waals surface area contributed by atoms with Gasteiger partial charge < -0.3 is 18.9 Å². The quantitative estimate of drug-likeness (QED) is 0.789. The average molecular weight is 342 g/mol. The Morgan fingerprint density at radius 1 is 1.28 bits per heavy atom. The van der Waals surface area contributed by atoms with Crippen LogP contribution in [0.1, 0.15) is 44.5 Å². The number of para-hydroxylation sites is 1. The highest BCUT2D eigenvalue weighted by atomic mass is 16.6. The van der Waals surface area contributed by atoms with E-state index in [-0.39, 0.29) is 6.09 Å². The van der Waals surface area contributed by atoms with E-state index in [0.29, 0.717) is 19.1 Å². The van der Waals surface area contributed by atoms with Gasteiger partial charge in [0.1, 0.15) is 5.60 Å². The highest BCUT2D eigenvalue weighted by molar-refractivity contribution is 5.86. The predicted molar refractivity (Wildman–Crippen MR) is 96.8 cm³/mol. The Hall–Kier alpha value is -2.01. The Balaban J connectivity index is 1.71. The molecule has 1 aromatic heterocycles. The molecule has 2 aromatic rings. The van der Waals surface area contributed by atoms with Gasteiger partial charge >= 0.3 is 6.09 Å². The molecule has 5 nitrogen and oxygen atoms in total. The monoisotopic (exact) mass is 342 g/mol. The minimum Gasteiger partial charge on any atom is -0.444 e. The minimum absolute atomic E-state index is 0.223. The summed E-state index contributed by atoms with van der Waals surface area (Å²) in [6.07, 6.45) is 1.69. The maximum atomic E-state index is 12.5. The summed E-state index contributed by atoms with van der Waals surface area (Å²) in [4.78, 5) is 14.3. The number of hydrogen-bond acceptors (Lipinski definition) is 3. The molecule has 1 amide bonds. The van der Waals surface area contributed by atoms with Gasteiger partial charge in [-0.25, -0.2) is 4.79 Å². The van der Waals surface area contributed by atoms with E-state index < -0.39 is 5.60 Å². The average Bonchev–Trinajstić information content (AvgIpc) is 3.18. The van der Waals surface area contributed by atoms with Gasteiger partial charge in [-0.3, -0.25) is 0 Å². The van der Waals surface area contributed by atoms with Crippen molar-refractivity contribution in [1.82, 2.24) is 9.47 Å². The Labute approximate surface area is 148 Å². The van der Waals surface area contributed by atoms with Crippen molar-refractivity contribution in [2.24, 2.45) is 0 Å². The second-order valence-electron chi connectivity index (χ2n) is 7.98. The number of hydrogen-bond donors (Lipinski definition) is 0. The maximum absolute atomic E-state index is 12.5. The summed E-state index contributed by atoms with van der Waals surface area (Å²) in [7, 11) is 0. The zero-order valence-corrected chi connectivity index (χ0v) is 15.2. The van der Waals surface area contributed by atoms with Crippen molar-refractivity contribution in [3.63, 3.8) is 0 Å². The van der Waals surface area contributed by atoms with Crippen LogP contribution in [-0.2, 0) is 22.4 Å². The van der Waals surface area contributed by atoms with Crippen molar-refractivity contribution in [3.8, 4) is 0 Å². The van der Waals surface area contributed by atoms with Gasteiger partial charge in [-0.1, -0.05) is 18.2 Å². The number of ether oxygens (including phenoxy) is 2. The van der Waals surface area contributed by atoms with Crippen molar-refractivity contribution in [2.75, 3.05) is 19.8 Å². The summed E-state index contributed by atoms with van der Waals surface area (Å²) in [6, 6.07) is 8.92. The number of nitrogens with zero attached hydrogens (tertiary/aromatic N) is 2. The fourth-order valence-corrected chi connectivity index (χ4v) is 3.97. The SMILES string of the molecule is CC(C)(C)OC(=O)N1CCc2c(c3ccccc3n2C2CCOC2)C1. The highest BCUT2D eigenvalue weighted by Gasteiger charge is 2.31. The lowest BCUT2D eigenvalue weighted by Gasteiger charge is -2.31. The van der Waals surface area contributed by atoms with Crippen LogP contribution in [0.2, 0.25) is 0 Å². The number of amides is 1. The molecule has 5 heteroatoms. The topological polar surface area (TPSA) is 43.7 Å². The Morgan fingerprint density at radius 2 is 2.08 bits per heavy atom. The minimum atomic E-state index is -0.466. The molecule has 134 valence electrons. The molecule has 1 atom stereocenters. The number of rotatable bonds is 1. The van der Waals surface area contributed by atoms with E-state index in [9.17, 15) is 4.79 Å². The van der Waals surface area contributed by atoms with E-state index in [1.165, 1.54) is 22.2 Å². The summed E-state index contributed by atoms with van der Waals surface area (Å²) in [5, 5.41) is 1.25. The van der Waals surface area contributed by atoms with Crippen LogP contribution < -0.4 is 0 Å². The molecule has 0 bridgehead atoms. The van der Waals surface area contributed by atoms with Crippen molar-refractivity contribution < 1.29 is 14.3 Å². The molecule has 2 aliphatic heterocycles. The standard InChI is InChI=1S/C20H26N2O3/c1-20(2,3)25-19(23)21-10-8-18-16(12-21)15-6-4-5-7-17(15)22(18)14-9-11-24-13-14/h4-7,14H,8-13H2,1-3H3. The number of fused-ring (bicyclic) bond motifs is 3. The molecule has 4 rings (SSSR count). The fourth-order valence-electron chi connectivity index (χ4n) is 3.97. The van der Waals surface area contributed by atoms with Crippen LogP contribution in [0.15, 0.2) is 24.3 Å². The zero-order chi connectivity index (χ0) is 17.6. The van der Waals surface area contributed by atoms with E-state index >= 15 is 0 Å². The van der Waals surface area contributed by atoms with Crippen LogP contribution in [-0.4, -0.2) is 40.9 Å². The predicted octanol–water partition coefficient (Wildman–Crippen LogP) is 3.90. The molecule has 0 spiro atoms. The second-order valence-corrected chi connectivity index (χ2v) is 7.98. The Kier molecular flexibility index (Phi) is 3.99. The van der Waals surface area contributed by atoms with Crippen LogP contribution in [0.25, 0.3) is 10.9 Å². The van der Waals surface area contributed by atoms with E-state index in [1.54, 1.807) is 0 Å². The lowest BCUT2D eigenvalue weighted by molar-refractivity contribution is 0.0223.